The zero-order valence-corrected chi connectivity index (χ0v) is 15.1. The molecule has 3 heterocycles. The van der Waals surface area contributed by atoms with Crippen LogP contribution in [0.3, 0.4) is 0 Å². The molecule has 7 heteroatoms. The van der Waals surface area contributed by atoms with E-state index in [0.29, 0.717) is 18.9 Å². The highest BCUT2D eigenvalue weighted by Crippen LogP contribution is 2.37. The van der Waals surface area contributed by atoms with Gasteiger partial charge in [-0.05, 0) is 33.3 Å². The Hall–Kier alpha value is -2.12. The molecule has 1 aliphatic heterocycles. The molecular formula is C18H25N3O4. The predicted molar refractivity (Wildman–Crippen MR) is 91.2 cm³/mol. The third-order valence-electron chi connectivity index (χ3n) is 4.92. The molecule has 0 spiro atoms. The molecular weight excluding hydrogens is 322 g/mol. The summed E-state index contributed by atoms with van der Waals surface area (Å²) in [5.41, 5.74) is 3.91. The maximum atomic E-state index is 12.4. The molecule has 1 amide bonds. The van der Waals surface area contributed by atoms with Crippen molar-refractivity contribution in [1.82, 2.24) is 15.1 Å². The van der Waals surface area contributed by atoms with Crippen LogP contribution in [0.2, 0.25) is 0 Å². The molecule has 2 N–H and O–H groups in total. The van der Waals surface area contributed by atoms with Crippen LogP contribution in [0.4, 0.5) is 0 Å². The first-order valence-electron chi connectivity index (χ1n) is 8.52. The third-order valence-corrected chi connectivity index (χ3v) is 4.92. The van der Waals surface area contributed by atoms with Crippen molar-refractivity contribution in [2.45, 2.75) is 39.9 Å². The first-order valence-corrected chi connectivity index (χ1v) is 8.52. The van der Waals surface area contributed by atoms with Gasteiger partial charge >= 0.3 is 0 Å². The Kier molecular flexibility index (Phi) is 4.96. The second-order valence-corrected chi connectivity index (χ2v) is 6.64. The molecule has 136 valence electrons. The molecule has 0 radical (unpaired) electrons. The molecule has 0 aromatic carbocycles. The zero-order chi connectivity index (χ0) is 18.1. The first-order chi connectivity index (χ1) is 11.9. The van der Waals surface area contributed by atoms with Crippen LogP contribution in [0, 0.1) is 26.7 Å². The summed E-state index contributed by atoms with van der Waals surface area (Å²) in [6, 6.07) is 1.68. The highest BCUT2D eigenvalue weighted by molar-refractivity contribution is 5.92. The van der Waals surface area contributed by atoms with Gasteiger partial charge in [0.05, 0.1) is 11.8 Å². The van der Waals surface area contributed by atoms with Crippen molar-refractivity contribution in [2.75, 3.05) is 13.2 Å². The number of ether oxygens (including phenoxy) is 1. The third kappa shape index (κ3) is 3.34. The Morgan fingerprint density at radius 3 is 2.80 bits per heavy atom. The fourth-order valence-corrected chi connectivity index (χ4v) is 3.52. The van der Waals surface area contributed by atoms with E-state index in [1.54, 1.807) is 13.0 Å². The second-order valence-electron chi connectivity index (χ2n) is 6.64. The van der Waals surface area contributed by atoms with Crippen molar-refractivity contribution in [1.29, 1.82) is 0 Å². The Balaban J connectivity index is 1.69. The summed E-state index contributed by atoms with van der Waals surface area (Å²) in [6.07, 6.45) is 0.831. The van der Waals surface area contributed by atoms with Crippen LogP contribution in [-0.4, -0.2) is 33.9 Å². The van der Waals surface area contributed by atoms with Crippen molar-refractivity contribution in [3.8, 4) is 0 Å². The number of nitrogens with zero attached hydrogens (tertiary/aromatic N) is 2. The maximum absolute atomic E-state index is 12.4. The van der Waals surface area contributed by atoms with Crippen molar-refractivity contribution in [2.24, 2.45) is 13.0 Å². The standard InChI is InChI=1S/C18H25N3O4/c1-10-7-14(9-22)25-16(10)18(23)19-8-13-5-6-24-17(13)15-11(2)20-21(4)12(15)3/h7,13,17,22H,5-6,8-9H2,1-4H3,(H,19,23)/t13-,17+/m1/s1. The van der Waals surface area contributed by atoms with Gasteiger partial charge in [0.15, 0.2) is 5.76 Å². The van der Waals surface area contributed by atoms with Crippen molar-refractivity contribution in [3.05, 3.63) is 40.1 Å². The van der Waals surface area contributed by atoms with Crippen molar-refractivity contribution >= 4 is 5.91 Å². The van der Waals surface area contributed by atoms with Crippen molar-refractivity contribution in [3.63, 3.8) is 0 Å². The monoisotopic (exact) mass is 347 g/mol. The number of nitrogens with one attached hydrogen (secondary N) is 1. The summed E-state index contributed by atoms with van der Waals surface area (Å²) >= 11 is 0. The molecule has 25 heavy (non-hydrogen) atoms. The molecule has 2 aromatic rings. The van der Waals surface area contributed by atoms with Gasteiger partial charge < -0.3 is 19.6 Å². The smallest absolute Gasteiger partial charge is 0.287 e. The summed E-state index contributed by atoms with van der Waals surface area (Å²) in [5, 5.41) is 16.5. The molecule has 0 aliphatic carbocycles. The largest absolute Gasteiger partial charge is 0.453 e. The minimum atomic E-state index is -0.262. The number of rotatable bonds is 5. The number of hydrogen-bond acceptors (Lipinski definition) is 5. The topological polar surface area (TPSA) is 89.5 Å². The SMILES string of the molecule is Cc1cc(CO)oc1C(=O)NC[C@H]1CCO[C@@H]1c1c(C)nn(C)c1C. The molecule has 3 rings (SSSR count). The van der Waals surface area contributed by atoms with E-state index in [4.69, 9.17) is 14.3 Å². The number of carbonyl (C=O) groups is 1. The molecule has 0 unspecified atom stereocenters. The van der Waals surface area contributed by atoms with Gasteiger partial charge in [0, 0.05) is 42.9 Å². The van der Waals surface area contributed by atoms with Gasteiger partial charge in [-0.1, -0.05) is 0 Å². The molecule has 2 atom stereocenters. The lowest BCUT2D eigenvalue weighted by molar-refractivity contribution is 0.0824. The number of hydrogen-bond donors (Lipinski definition) is 2. The highest BCUT2D eigenvalue weighted by Gasteiger charge is 2.34. The highest BCUT2D eigenvalue weighted by atomic mass is 16.5. The lowest BCUT2D eigenvalue weighted by Crippen LogP contribution is -2.31. The quantitative estimate of drug-likeness (QED) is 0.863. The van der Waals surface area contributed by atoms with E-state index in [2.05, 4.69) is 10.4 Å². The summed E-state index contributed by atoms with van der Waals surface area (Å²) in [5.74, 6) is 0.584. The summed E-state index contributed by atoms with van der Waals surface area (Å²) in [7, 11) is 1.93. The first kappa shape index (κ1) is 17.7. The molecule has 1 saturated heterocycles. The summed E-state index contributed by atoms with van der Waals surface area (Å²) in [4.78, 5) is 12.4. The van der Waals surface area contributed by atoms with Crippen LogP contribution in [-0.2, 0) is 18.4 Å². The number of aryl methyl sites for hydroxylation is 3. The van der Waals surface area contributed by atoms with Gasteiger partial charge in [-0.15, -0.1) is 0 Å². The van der Waals surface area contributed by atoms with E-state index in [1.165, 1.54) is 0 Å². The Bertz CT molecular complexity index is 778. The maximum Gasteiger partial charge on any atom is 0.287 e. The van der Waals surface area contributed by atoms with Crippen LogP contribution in [0.15, 0.2) is 10.5 Å². The van der Waals surface area contributed by atoms with Gasteiger partial charge in [-0.2, -0.15) is 5.10 Å². The molecule has 1 aliphatic rings. The van der Waals surface area contributed by atoms with Crippen molar-refractivity contribution < 1.29 is 19.1 Å². The zero-order valence-electron chi connectivity index (χ0n) is 15.1. The average molecular weight is 347 g/mol. The number of amides is 1. The normalized spacial score (nSPS) is 20.2. The van der Waals surface area contributed by atoms with E-state index < -0.39 is 0 Å². The minimum Gasteiger partial charge on any atom is -0.453 e. The fraction of sp³-hybridized carbons (Fsp3) is 0.556. The lowest BCUT2D eigenvalue weighted by atomic mass is 9.94. The van der Waals surface area contributed by atoms with Gasteiger partial charge in [-0.25, -0.2) is 0 Å². The van der Waals surface area contributed by atoms with E-state index >= 15 is 0 Å². The van der Waals surface area contributed by atoms with Gasteiger partial charge in [-0.3, -0.25) is 9.48 Å². The number of aliphatic hydroxyl groups is 1. The summed E-state index contributed by atoms with van der Waals surface area (Å²) in [6.45, 7) is 6.78. The number of aliphatic hydroxyl groups excluding tert-OH is 1. The number of furan rings is 1. The predicted octanol–water partition coefficient (Wildman–Crippen LogP) is 1.94. The summed E-state index contributed by atoms with van der Waals surface area (Å²) < 4.78 is 13.2. The van der Waals surface area contributed by atoms with Gasteiger partial charge in [0.2, 0.25) is 0 Å². The van der Waals surface area contributed by atoms with E-state index in [9.17, 15) is 4.79 Å². The molecule has 7 nitrogen and oxygen atoms in total. The van der Waals surface area contributed by atoms with Gasteiger partial charge in [0.1, 0.15) is 12.4 Å². The fourth-order valence-electron chi connectivity index (χ4n) is 3.52. The molecule has 1 fully saturated rings. The average Bonchev–Trinajstić information content (AvgIpc) is 3.24. The number of carbonyl (C=O) groups excluding carboxylic acids is 1. The van der Waals surface area contributed by atoms with E-state index in [1.807, 2.05) is 25.6 Å². The van der Waals surface area contributed by atoms with Crippen LogP contribution < -0.4 is 5.32 Å². The van der Waals surface area contributed by atoms with E-state index in [0.717, 1.165) is 28.9 Å². The molecule has 0 bridgehead atoms. The van der Waals surface area contributed by atoms with Crippen LogP contribution in [0.1, 0.15) is 51.4 Å². The van der Waals surface area contributed by atoms with Gasteiger partial charge in [0.25, 0.3) is 5.91 Å². The minimum absolute atomic E-state index is 0.0558. The lowest BCUT2D eigenvalue weighted by Gasteiger charge is -2.19. The molecule has 0 saturated carbocycles. The van der Waals surface area contributed by atoms with Crippen LogP contribution >= 0.6 is 0 Å². The molecule has 2 aromatic heterocycles. The van der Waals surface area contributed by atoms with E-state index in [-0.39, 0.29) is 30.3 Å². The van der Waals surface area contributed by atoms with Crippen LogP contribution in [0.5, 0.6) is 0 Å². The second kappa shape index (κ2) is 7.01. The Morgan fingerprint density at radius 1 is 1.44 bits per heavy atom. The Labute approximate surface area is 147 Å². The number of aromatic nitrogens is 2. The Morgan fingerprint density at radius 2 is 2.20 bits per heavy atom. The van der Waals surface area contributed by atoms with Crippen LogP contribution in [0.25, 0.3) is 0 Å².